The molecule has 2 rings (SSSR count). The summed E-state index contributed by atoms with van der Waals surface area (Å²) in [7, 11) is 0. The first-order valence-corrected chi connectivity index (χ1v) is 7.05. The minimum atomic E-state index is 0.121. The minimum Gasteiger partial charge on any atom is -0.389 e. The van der Waals surface area contributed by atoms with E-state index in [2.05, 4.69) is 45.3 Å². The second-order valence-corrected chi connectivity index (χ2v) is 5.54. The molecule has 0 fully saturated rings. The standard InChI is InChI=1S/C14H14BrN3S/c1-9(10-4-6-11(15)7-5-10)18-14-12(13(16)19)3-2-8-17-14/h2-9H,1H3,(H2,16,19)(H,17,18). The fraction of sp³-hybridized carbons (Fsp3) is 0.143. The number of nitrogens with one attached hydrogen (secondary N) is 1. The van der Waals surface area contributed by atoms with E-state index in [1.54, 1.807) is 6.20 Å². The number of pyridine rings is 1. The van der Waals surface area contributed by atoms with Crippen molar-refractivity contribution in [1.29, 1.82) is 0 Å². The smallest absolute Gasteiger partial charge is 0.136 e. The van der Waals surface area contributed by atoms with Crippen molar-refractivity contribution in [2.24, 2.45) is 5.73 Å². The minimum absolute atomic E-state index is 0.121. The zero-order chi connectivity index (χ0) is 13.8. The van der Waals surface area contributed by atoms with Crippen molar-refractivity contribution in [3.05, 3.63) is 58.2 Å². The third-order valence-electron chi connectivity index (χ3n) is 2.80. The molecule has 0 radical (unpaired) electrons. The van der Waals surface area contributed by atoms with Crippen LogP contribution >= 0.6 is 28.1 Å². The Balaban J connectivity index is 2.21. The Hall–Kier alpha value is -1.46. The molecular weight excluding hydrogens is 322 g/mol. The summed E-state index contributed by atoms with van der Waals surface area (Å²) in [6.45, 7) is 2.07. The molecule has 98 valence electrons. The highest BCUT2D eigenvalue weighted by Crippen LogP contribution is 2.22. The fourth-order valence-corrected chi connectivity index (χ4v) is 2.19. The maximum atomic E-state index is 5.69. The van der Waals surface area contributed by atoms with Gasteiger partial charge in [0.1, 0.15) is 10.8 Å². The van der Waals surface area contributed by atoms with Crippen LogP contribution < -0.4 is 11.1 Å². The van der Waals surface area contributed by atoms with E-state index >= 15 is 0 Å². The first-order chi connectivity index (χ1) is 9.08. The quantitative estimate of drug-likeness (QED) is 0.837. The summed E-state index contributed by atoms with van der Waals surface area (Å²) in [5.74, 6) is 0.713. The van der Waals surface area contributed by atoms with Gasteiger partial charge in [-0.25, -0.2) is 4.98 Å². The number of nitrogens with two attached hydrogens (primary N) is 1. The first kappa shape index (κ1) is 14.0. The van der Waals surface area contributed by atoms with Crippen LogP contribution in [0.4, 0.5) is 5.82 Å². The molecule has 0 aliphatic rings. The number of thiocarbonyl (C=S) groups is 1. The average Bonchev–Trinajstić information content (AvgIpc) is 2.39. The normalized spacial score (nSPS) is 11.9. The lowest BCUT2D eigenvalue weighted by Gasteiger charge is -2.17. The Labute approximate surface area is 126 Å². The van der Waals surface area contributed by atoms with E-state index in [4.69, 9.17) is 18.0 Å². The van der Waals surface area contributed by atoms with Crippen LogP contribution in [0.15, 0.2) is 47.1 Å². The van der Waals surface area contributed by atoms with Crippen LogP contribution in [0.5, 0.6) is 0 Å². The Morgan fingerprint density at radius 2 is 2.00 bits per heavy atom. The zero-order valence-corrected chi connectivity index (χ0v) is 12.8. The third-order valence-corrected chi connectivity index (χ3v) is 3.54. The lowest BCUT2D eigenvalue weighted by Crippen LogP contribution is -2.16. The number of nitrogens with zero attached hydrogens (tertiary/aromatic N) is 1. The van der Waals surface area contributed by atoms with Crippen LogP contribution in [0.2, 0.25) is 0 Å². The van der Waals surface area contributed by atoms with E-state index in [-0.39, 0.29) is 6.04 Å². The van der Waals surface area contributed by atoms with E-state index in [9.17, 15) is 0 Å². The molecule has 0 saturated carbocycles. The molecule has 1 unspecified atom stereocenters. The third kappa shape index (κ3) is 3.52. The summed E-state index contributed by atoms with van der Waals surface area (Å²) in [6.07, 6.45) is 1.72. The molecule has 2 aromatic rings. The van der Waals surface area contributed by atoms with Gasteiger partial charge < -0.3 is 11.1 Å². The van der Waals surface area contributed by atoms with Gasteiger partial charge in [-0.05, 0) is 36.8 Å². The predicted octanol–water partition coefficient (Wildman–Crippen LogP) is 3.65. The number of halogens is 1. The van der Waals surface area contributed by atoms with E-state index in [1.807, 2.05) is 24.3 Å². The van der Waals surface area contributed by atoms with Crippen LogP contribution in [0, 0.1) is 0 Å². The second-order valence-electron chi connectivity index (χ2n) is 4.18. The van der Waals surface area contributed by atoms with E-state index in [0.717, 1.165) is 10.0 Å². The number of anilines is 1. The predicted molar refractivity (Wildman–Crippen MR) is 86.3 cm³/mol. The fourth-order valence-electron chi connectivity index (χ4n) is 1.76. The summed E-state index contributed by atoms with van der Waals surface area (Å²) < 4.78 is 1.06. The molecule has 3 nitrogen and oxygen atoms in total. The molecule has 5 heteroatoms. The van der Waals surface area contributed by atoms with Crippen LogP contribution in [0.3, 0.4) is 0 Å². The lowest BCUT2D eigenvalue weighted by atomic mass is 10.1. The second kappa shape index (κ2) is 6.12. The molecule has 1 atom stereocenters. The highest BCUT2D eigenvalue weighted by molar-refractivity contribution is 9.10. The maximum absolute atomic E-state index is 5.69. The molecule has 0 aliphatic heterocycles. The van der Waals surface area contributed by atoms with Gasteiger partial charge in [0.15, 0.2) is 0 Å². The lowest BCUT2D eigenvalue weighted by molar-refractivity contribution is 0.873. The topological polar surface area (TPSA) is 50.9 Å². The number of rotatable bonds is 4. The Kier molecular flexibility index (Phi) is 4.50. The summed E-state index contributed by atoms with van der Waals surface area (Å²) in [6, 6.07) is 12.0. The Morgan fingerprint density at radius 3 is 2.63 bits per heavy atom. The average molecular weight is 336 g/mol. The number of benzene rings is 1. The van der Waals surface area contributed by atoms with Crippen molar-refractivity contribution in [1.82, 2.24) is 4.98 Å². The summed E-state index contributed by atoms with van der Waals surface area (Å²) in [5, 5.41) is 3.33. The van der Waals surface area contributed by atoms with Crippen LogP contribution in [0.25, 0.3) is 0 Å². The molecular formula is C14H14BrN3S. The molecule has 19 heavy (non-hydrogen) atoms. The van der Waals surface area contributed by atoms with Crippen LogP contribution in [-0.4, -0.2) is 9.97 Å². The van der Waals surface area contributed by atoms with Gasteiger partial charge in [-0.2, -0.15) is 0 Å². The molecule has 0 amide bonds. The van der Waals surface area contributed by atoms with Crippen LogP contribution in [-0.2, 0) is 0 Å². The summed E-state index contributed by atoms with van der Waals surface area (Å²) in [4.78, 5) is 4.64. The van der Waals surface area contributed by atoms with Crippen molar-refractivity contribution in [2.75, 3.05) is 5.32 Å². The monoisotopic (exact) mass is 335 g/mol. The Morgan fingerprint density at radius 1 is 1.32 bits per heavy atom. The van der Waals surface area contributed by atoms with Gasteiger partial charge in [-0.1, -0.05) is 40.3 Å². The molecule has 0 saturated heterocycles. The van der Waals surface area contributed by atoms with Gasteiger partial charge in [0.2, 0.25) is 0 Å². The highest BCUT2D eigenvalue weighted by atomic mass is 79.9. The Bertz CT molecular complexity index is 583. The molecule has 0 bridgehead atoms. The molecule has 3 N–H and O–H groups in total. The first-order valence-electron chi connectivity index (χ1n) is 5.84. The van der Waals surface area contributed by atoms with Crippen molar-refractivity contribution in [3.8, 4) is 0 Å². The van der Waals surface area contributed by atoms with Gasteiger partial charge in [-0.15, -0.1) is 0 Å². The summed E-state index contributed by atoms with van der Waals surface area (Å²) >= 11 is 8.45. The SMILES string of the molecule is CC(Nc1ncccc1C(N)=S)c1ccc(Br)cc1. The van der Waals surface area contributed by atoms with Crippen molar-refractivity contribution in [2.45, 2.75) is 13.0 Å². The van der Waals surface area contributed by atoms with Gasteiger partial charge in [0.05, 0.1) is 5.56 Å². The maximum Gasteiger partial charge on any atom is 0.136 e. The van der Waals surface area contributed by atoms with Crippen molar-refractivity contribution < 1.29 is 0 Å². The van der Waals surface area contributed by atoms with Crippen molar-refractivity contribution >= 4 is 39.0 Å². The molecule has 1 aromatic carbocycles. The number of hydrogen-bond acceptors (Lipinski definition) is 3. The zero-order valence-electron chi connectivity index (χ0n) is 10.4. The van der Waals surface area contributed by atoms with Gasteiger partial charge in [0.25, 0.3) is 0 Å². The van der Waals surface area contributed by atoms with Gasteiger partial charge >= 0.3 is 0 Å². The largest absolute Gasteiger partial charge is 0.389 e. The number of hydrogen-bond donors (Lipinski definition) is 2. The van der Waals surface area contributed by atoms with Gasteiger partial charge in [-0.3, -0.25) is 0 Å². The highest BCUT2D eigenvalue weighted by Gasteiger charge is 2.10. The molecule has 1 aromatic heterocycles. The van der Waals surface area contributed by atoms with E-state index in [0.29, 0.717) is 10.8 Å². The van der Waals surface area contributed by atoms with E-state index in [1.165, 1.54) is 5.56 Å². The van der Waals surface area contributed by atoms with Gasteiger partial charge in [0, 0.05) is 16.7 Å². The summed E-state index contributed by atoms with van der Waals surface area (Å²) in [5.41, 5.74) is 7.63. The molecule has 0 spiro atoms. The number of aromatic nitrogens is 1. The van der Waals surface area contributed by atoms with Crippen molar-refractivity contribution in [3.63, 3.8) is 0 Å². The molecule has 0 aliphatic carbocycles. The molecule has 1 heterocycles. The van der Waals surface area contributed by atoms with Crippen LogP contribution in [0.1, 0.15) is 24.1 Å². The van der Waals surface area contributed by atoms with E-state index < -0.39 is 0 Å².